The Kier molecular flexibility index (Phi) is 4.39. The molecule has 25 heavy (non-hydrogen) atoms. The Morgan fingerprint density at radius 2 is 1.96 bits per heavy atom. The van der Waals surface area contributed by atoms with Crippen molar-refractivity contribution in [1.29, 1.82) is 0 Å². The molecule has 1 N–H and O–H groups in total. The molecule has 0 bridgehead atoms. The van der Waals surface area contributed by atoms with Crippen LogP contribution in [0.5, 0.6) is 0 Å². The number of hydrogen-bond acceptors (Lipinski definition) is 4. The van der Waals surface area contributed by atoms with Crippen LogP contribution in [0.1, 0.15) is 35.8 Å². The maximum atomic E-state index is 13.2. The molecule has 1 aliphatic heterocycles. The number of nitrogens with one attached hydrogen (secondary N) is 1. The van der Waals surface area contributed by atoms with Crippen LogP contribution in [0.4, 0.5) is 0 Å². The van der Waals surface area contributed by atoms with Gasteiger partial charge in [-0.05, 0) is 56.0 Å². The van der Waals surface area contributed by atoms with Gasteiger partial charge < -0.3 is 4.98 Å². The number of imidazole rings is 1. The van der Waals surface area contributed by atoms with E-state index in [-0.39, 0.29) is 6.04 Å². The molecule has 0 amide bonds. The molecule has 1 aromatic heterocycles. The first kappa shape index (κ1) is 16.8. The fourth-order valence-electron chi connectivity index (χ4n) is 3.84. The van der Waals surface area contributed by atoms with Crippen molar-refractivity contribution in [2.75, 3.05) is 26.7 Å². The lowest BCUT2D eigenvalue weighted by atomic mass is 9.92. The highest BCUT2D eigenvalue weighted by Gasteiger charge is 2.34. The van der Waals surface area contributed by atoms with Crippen LogP contribution in [0.15, 0.2) is 35.5 Å². The predicted octanol–water partition coefficient (Wildman–Crippen LogP) is 1.97. The third kappa shape index (κ3) is 3.12. The maximum absolute atomic E-state index is 13.2. The highest BCUT2D eigenvalue weighted by atomic mass is 32.2. The number of benzene rings is 1. The zero-order valence-corrected chi connectivity index (χ0v) is 15.3. The molecular weight excluding hydrogens is 336 g/mol. The van der Waals surface area contributed by atoms with Crippen LogP contribution in [0.3, 0.4) is 0 Å². The van der Waals surface area contributed by atoms with E-state index in [0.29, 0.717) is 24.5 Å². The molecule has 4 rings (SSSR count). The topological polar surface area (TPSA) is 69.3 Å². The van der Waals surface area contributed by atoms with Crippen molar-refractivity contribution in [3.05, 3.63) is 47.5 Å². The molecule has 1 saturated heterocycles. The second kappa shape index (κ2) is 6.55. The third-order valence-electron chi connectivity index (χ3n) is 5.40. The van der Waals surface area contributed by atoms with Crippen molar-refractivity contribution >= 4 is 10.0 Å². The molecule has 7 heteroatoms. The summed E-state index contributed by atoms with van der Waals surface area (Å²) in [4.78, 5) is 10.0. The summed E-state index contributed by atoms with van der Waals surface area (Å²) < 4.78 is 27.9. The summed E-state index contributed by atoms with van der Waals surface area (Å²) in [5.41, 5.74) is 2.50. The van der Waals surface area contributed by atoms with Crippen molar-refractivity contribution in [2.45, 2.75) is 36.6 Å². The molecule has 1 aromatic carbocycles. The van der Waals surface area contributed by atoms with Crippen molar-refractivity contribution < 1.29 is 8.42 Å². The predicted molar refractivity (Wildman–Crippen MR) is 95.8 cm³/mol. The Morgan fingerprint density at radius 1 is 1.16 bits per heavy atom. The van der Waals surface area contributed by atoms with Gasteiger partial charge in [-0.2, -0.15) is 4.31 Å². The summed E-state index contributed by atoms with van der Waals surface area (Å²) in [7, 11) is -1.47. The number of H-pyrrole nitrogens is 1. The SMILES string of the molecule is CN1CCN(S(=O)(=O)c2ccc3c(c2)CCCC3)C[C@H]1c1ncc[nH]1. The second-order valence-electron chi connectivity index (χ2n) is 6.97. The van der Waals surface area contributed by atoms with E-state index in [9.17, 15) is 8.42 Å². The summed E-state index contributed by atoms with van der Waals surface area (Å²) in [6.07, 6.45) is 7.87. The molecule has 134 valence electrons. The molecule has 0 spiro atoms. The summed E-state index contributed by atoms with van der Waals surface area (Å²) in [5.74, 6) is 0.813. The van der Waals surface area contributed by atoms with Gasteiger partial charge in [-0.15, -0.1) is 0 Å². The number of sulfonamides is 1. The summed E-state index contributed by atoms with van der Waals surface area (Å²) in [6, 6.07) is 5.63. The number of fused-ring (bicyclic) bond motifs is 1. The van der Waals surface area contributed by atoms with Crippen LogP contribution in [0.2, 0.25) is 0 Å². The van der Waals surface area contributed by atoms with Crippen LogP contribution in [-0.2, 0) is 22.9 Å². The molecule has 2 aliphatic rings. The van der Waals surface area contributed by atoms with Gasteiger partial charge in [-0.1, -0.05) is 6.07 Å². The lowest BCUT2D eigenvalue weighted by Crippen LogP contribution is -2.49. The van der Waals surface area contributed by atoms with E-state index >= 15 is 0 Å². The molecular formula is C18H24N4O2S. The van der Waals surface area contributed by atoms with Gasteiger partial charge in [0.25, 0.3) is 0 Å². The Morgan fingerprint density at radius 3 is 2.72 bits per heavy atom. The monoisotopic (exact) mass is 360 g/mol. The van der Waals surface area contributed by atoms with Crippen molar-refractivity contribution in [1.82, 2.24) is 19.2 Å². The Hall–Kier alpha value is -1.70. The largest absolute Gasteiger partial charge is 0.347 e. The molecule has 1 aliphatic carbocycles. The standard InChI is InChI=1S/C18H24N4O2S/c1-21-10-11-22(13-17(21)18-19-8-9-20-18)25(23,24)16-7-6-14-4-2-3-5-15(14)12-16/h6-9,12,17H,2-5,10-11,13H2,1H3,(H,19,20)/t17-/m0/s1. The first-order valence-electron chi connectivity index (χ1n) is 8.87. The Labute approximate surface area is 148 Å². The second-order valence-corrected chi connectivity index (χ2v) is 8.91. The number of aromatic amines is 1. The van der Waals surface area contributed by atoms with E-state index in [0.717, 1.165) is 25.1 Å². The zero-order chi connectivity index (χ0) is 17.4. The van der Waals surface area contributed by atoms with Crippen molar-refractivity contribution in [2.24, 2.45) is 0 Å². The van der Waals surface area contributed by atoms with Crippen molar-refractivity contribution in [3.63, 3.8) is 0 Å². The molecule has 6 nitrogen and oxygen atoms in total. The Bertz CT molecular complexity index is 848. The molecule has 0 unspecified atom stereocenters. The van der Waals surface area contributed by atoms with E-state index in [2.05, 4.69) is 14.9 Å². The van der Waals surface area contributed by atoms with Gasteiger partial charge in [0.05, 0.1) is 10.9 Å². The Balaban J connectivity index is 1.61. The van der Waals surface area contributed by atoms with E-state index in [1.54, 1.807) is 22.8 Å². The van der Waals surface area contributed by atoms with Crippen LogP contribution in [0.25, 0.3) is 0 Å². The summed E-state index contributed by atoms with van der Waals surface area (Å²) in [5, 5.41) is 0. The molecule has 2 aromatic rings. The first-order valence-corrected chi connectivity index (χ1v) is 10.3. The van der Waals surface area contributed by atoms with Gasteiger partial charge in [0, 0.05) is 32.0 Å². The van der Waals surface area contributed by atoms with E-state index in [1.807, 2.05) is 19.2 Å². The molecule has 0 saturated carbocycles. The first-order chi connectivity index (χ1) is 12.1. The highest BCUT2D eigenvalue weighted by Crippen LogP contribution is 2.29. The number of likely N-dealkylation sites (N-methyl/N-ethyl adjacent to an activating group) is 1. The average molecular weight is 360 g/mol. The molecule has 1 fully saturated rings. The van der Waals surface area contributed by atoms with Gasteiger partial charge in [-0.3, -0.25) is 4.90 Å². The van der Waals surface area contributed by atoms with Crippen LogP contribution >= 0.6 is 0 Å². The smallest absolute Gasteiger partial charge is 0.243 e. The maximum Gasteiger partial charge on any atom is 0.243 e. The van der Waals surface area contributed by atoms with Crippen LogP contribution < -0.4 is 0 Å². The fourth-order valence-corrected chi connectivity index (χ4v) is 5.33. The number of rotatable bonds is 3. The van der Waals surface area contributed by atoms with Gasteiger partial charge in [0.1, 0.15) is 5.82 Å². The minimum Gasteiger partial charge on any atom is -0.347 e. The van der Waals surface area contributed by atoms with E-state index in [1.165, 1.54) is 17.5 Å². The zero-order valence-electron chi connectivity index (χ0n) is 14.5. The van der Waals surface area contributed by atoms with Crippen LogP contribution in [-0.4, -0.2) is 54.3 Å². The number of aryl methyl sites for hydroxylation is 2. The lowest BCUT2D eigenvalue weighted by molar-refractivity contribution is 0.142. The minimum absolute atomic E-state index is 0.0452. The molecule has 2 heterocycles. The van der Waals surface area contributed by atoms with E-state index in [4.69, 9.17) is 0 Å². The normalized spacial score (nSPS) is 22.7. The minimum atomic E-state index is -3.48. The molecule has 1 atom stereocenters. The van der Waals surface area contributed by atoms with Crippen molar-refractivity contribution in [3.8, 4) is 0 Å². The van der Waals surface area contributed by atoms with Crippen LogP contribution in [0, 0.1) is 0 Å². The number of hydrogen-bond donors (Lipinski definition) is 1. The summed E-state index contributed by atoms with van der Waals surface area (Å²) in [6.45, 7) is 1.62. The number of piperazine rings is 1. The third-order valence-corrected chi connectivity index (χ3v) is 7.26. The lowest BCUT2D eigenvalue weighted by Gasteiger charge is -2.37. The number of aromatic nitrogens is 2. The average Bonchev–Trinajstić information content (AvgIpc) is 3.16. The number of nitrogens with zero attached hydrogens (tertiary/aromatic N) is 3. The van der Waals surface area contributed by atoms with Gasteiger partial charge in [0.2, 0.25) is 10.0 Å². The highest BCUT2D eigenvalue weighted by molar-refractivity contribution is 7.89. The fraction of sp³-hybridized carbons (Fsp3) is 0.500. The van der Waals surface area contributed by atoms with Gasteiger partial charge in [-0.25, -0.2) is 13.4 Å². The van der Waals surface area contributed by atoms with Gasteiger partial charge >= 0.3 is 0 Å². The van der Waals surface area contributed by atoms with E-state index < -0.39 is 10.0 Å². The summed E-state index contributed by atoms with van der Waals surface area (Å²) >= 11 is 0. The molecule has 0 radical (unpaired) electrons. The van der Waals surface area contributed by atoms with Gasteiger partial charge in [0.15, 0.2) is 0 Å². The quantitative estimate of drug-likeness (QED) is 0.909.